The molecular weight excluding hydrogens is 318 g/mol. The summed E-state index contributed by atoms with van der Waals surface area (Å²) in [6.45, 7) is 4.14. The number of carboxylic acids is 1. The number of hydrogen-bond donors (Lipinski definition) is 1. The van der Waals surface area contributed by atoms with Crippen molar-refractivity contribution in [1.29, 1.82) is 0 Å². The molecule has 0 aliphatic carbocycles. The van der Waals surface area contributed by atoms with Crippen molar-refractivity contribution >= 4 is 11.9 Å². The smallest absolute Gasteiger partial charge is 0.335 e. The molecule has 1 aromatic heterocycles. The van der Waals surface area contributed by atoms with Gasteiger partial charge in [0, 0.05) is 19.0 Å². The molecular formula is C19H21N3O3. The van der Waals surface area contributed by atoms with Crippen LogP contribution < -0.4 is 0 Å². The highest BCUT2D eigenvalue weighted by Crippen LogP contribution is 2.31. The van der Waals surface area contributed by atoms with E-state index in [9.17, 15) is 14.7 Å². The average Bonchev–Trinajstić information content (AvgIpc) is 2.61. The number of carbonyl (C=O) groups is 2. The summed E-state index contributed by atoms with van der Waals surface area (Å²) in [7, 11) is 0. The first-order valence-corrected chi connectivity index (χ1v) is 8.42. The van der Waals surface area contributed by atoms with E-state index >= 15 is 0 Å². The van der Waals surface area contributed by atoms with Crippen LogP contribution in [0, 0.1) is 6.92 Å². The fraction of sp³-hybridized carbons (Fsp3) is 0.368. The van der Waals surface area contributed by atoms with Gasteiger partial charge in [0.15, 0.2) is 0 Å². The molecule has 1 aliphatic rings. The highest BCUT2D eigenvalue weighted by molar-refractivity contribution is 5.89. The van der Waals surface area contributed by atoms with Crippen LogP contribution in [0.25, 0.3) is 11.3 Å². The zero-order valence-corrected chi connectivity index (χ0v) is 14.4. The van der Waals surface area contributed by atoms with Gasteiger partial charge in [-0.15, -0.1) is 0 Å². The van der Waals surface area contributed by atoms with Gasteiger partial charge in [-0.1, -0.05) is 12.1 Å². The second-order valence-corrected chi connectivity index (χ2v) is 6.34. The molecule has 6 nitrogen and oxygen atoms in total. The Morgan fingerprint density at radius 1 is 1.20 bits per heavy atom. The van der Waals surface area contributed by atoms with Gasteiger partial charge in [-0.2, -0.15) is 0 Å². The highest BCUT2D eigenvalue weighted by atomic mass is 16.4. The number of aryl methyl sites for hydroxylation is 1. The molecule has 3 rings (SSSR count). The molecule has 1 atom stereocenters. The summed E-state index contributed by atoms with van der Waals surface area (Å²) in [5.41, 5.74) is 2.45. The molecule has 1 amide bonds. The van der Waals surface area contributed by atoms with E-state index in [0.29, 0.717) is 11.5 Å². The number of carboxylic acid groups (broad SMARTS) is 1. The lowest BCUT2D eigenvalue weighted by molar-refractivity contribution is -0.132. The molecule has 130 valence electrons. The largest absolute Gasteiger partial charge is 0.478 e. The van der Waals surface area contributed by atoms with Gasteiger partial charge < -0.3 is 10.0 Å². The molecule has 6 heteroatoms. The van der Waals surface area contributed by atoms with Crippen molar-refractivity contribution in [2.45, 2.75) is 39.2 Å². The second kappa shape index (κ2) is 7.01. The third kappa shape index (κ3) is 3.68. The predicted molar refractivity (Wildman–Crippen MR) is 93.1 cm³/mol. The maximum Gasteiger partial charge on any atom is 0.335 e. The Bertz CT molecular complexity index is 819. The molecule has 1 N–H and O–H groups in total. The Hall–Kier alpha value is -2.76. The van der Waals surface area contributed by atoms with Crippen LogP contribution in [0.5, 0.6) is 0 Å². The highest BCUT2D eigenvalue weighted by Gasteiger charge is 2.27. The van der Waals surface area contributed by atoms with Crippen molar-refractivity contribution in [1.82, 2.24) is 14.9 Å². The molecule has 0 radical (unpaired) electrons. The zero-order chi connectivity index (χ0) is 18.0. The van der Waals surface area contributed by atoms with Gasteiger partial charge in [0.05, 0.1) is 23.0 Å². The van der Waals surface area contributed by atoms with Gasteiger partial charge in [-0.05, 0) is 44.4 Å². The normalized spacial score (nSPS) is 17.4. The first kappa shape index (κ1) is 17.1. The van der Waals surface area contributed by atoms with Crippen molar-refractivity contribution in [2.75, 3.05) is 6.54 Å². The molecule has 1 fully saturated rings. The number of carbonyl (C=O) groups excluding carboxylic acids is 1. The Labute approximate surface area is 146 Å². The van der Waals surface area contributed by atoms with E-state index < -0.39 is 5.97 Å². The standard InChI is InChI=1S/C19H21N3O3/c1-12-20-16(14-6-5-7-15(10-14)19(24)25)11-17(21-12)18-8-3-4-9-22(18)13(2)23/h5-7,10-11,18H,3-4,8-9H2,1-2H3,(H,24,25)/t18-/m1/s1. The van der Waals surface area contributed by atoms with Gasteiger partial charge >= 0.3 is 5.97 Å². The number of piperidine rings is 1. The second-order valence-electron chi connectivity index (χ2n) is 6.34. The Morgan fingerprint density at radius 3 is 2.72 bits per heavy atom. The molecule has 0 bridgehead atoms. The van der Waals surface area contributed by atoms with E-state index in [-0.39, 0.29) is 17.5 Å². The van der Waals surface area contributed by atoms with Crippen molar-refractivity contribution in [2.24, 2.45) is 0 Å². The molecule has 2 aromatic rings. The third-order valence-electron chi connectivity index (χ3n) is 4.51. The zero-order valence-electron chi connectivity index (χ0n) is 14.4. The minimum atomic E-state index is -0.970. The lowest BCUT2D eigenvalue weighted by Crippen LogP contribution is -2.37. The minimum absolute atomic E-state index is 0.0469. The number of rotatable bonds is 3. The topological polar surface area (TPSA) is 83.4 Å². The Morgan fingerprint density at radius 2 is 2.00 bits per heavy atom. The van der Waals surface area contributed by atoms with E-state index in [1.165, 1.54) is 0 Å². The van der Waals surface area contributed by atoms with Gasteiger partial charge in [-0.25, -0.2) is 14.8 Å². The monoisotopic (exact) mass is 339 g/mol. The Balaban J connectivity index is 2.02. The molecule has 25 heavy (non-hydrogen) atoms. The van der Waals surface area contributed by atoms with E-state index in [4.69, 9.17) is 0 Å². The number of benzene rings is 1. The molecule has 0 spiro atoms. The van der Waals surface area contributed by atoms with Crippen LogP contribution in [-0.2, 0) is 4.79 Å². The summed E-state index contributed by atoms with van der Waals surface area (Å²) in [6, 6.07) is 8.53. The quantitative estimate of drug-likeness (QED) is 0.928. The number of aromatic carboxylic acids is 1. The lowest BCUT2D eigenvalue weighted by Gasteiger charge is -2.34. The maximum absolute atomic E-state index is 12.0. The first-order chi connectivity index (χ1) is 12.0. The molecule has 1 aromatic carbocycles. The van der Waals surface area contributed by atoms with Crippen molar-refractivity contribution in [3.63, 3.8) is 0 Å². The SMILES string of the molecule is CC(=O)N1CCCC[C@@H]1c1cc(-c2cccc(C(=O)O)c2)nc(C)n1. The summed E-state index contributed by atoms with van der Waals surface area (Å²) in [4.78, 5) is 34.0. The van der Waals surface area contributed by atoms with Gasteiger partial charge in [0.25, 0.3) is 0 Å². The van der Waals surface area contributed by atoms with Crippen LogP contribution in [0.4, 0.5) is 0 Å². The Kier molecular flexibility index (Phi) is 4.79. The molecule has 0 unspecified atom stereocenters. The number of aromatic nitrogens is 2. The predicted octanol–water partition coefficient (Wildman–Crippen LogP) is 3.22. The van der Waals surface area contributed by atoms with Crippen LogP contribution >= 0.6 is 0 Å². The van der Waals surface area contributed by atoms with E-state index in [2.05, 4.69) is 9.97 Å². The van der Waals surface area contributed by atoms with Crippen LogP contribution in [0.3, 0.4) is 0 Å². The van der Waals surface area contributed by atoms with Gasteiger partial charge in [0.1, 0.15) is 5.82 Å². The summed E-state index contributed by atoms with van der Waals surface area (Å²) in [5, 5.41) is 9.19. The fourth-order valence-electron chi connectivity index (χ4n) is 3.34. The van der Waals surface area contributed by atoms with Gasteiger partial charge in [0.2, 0.25) is 5.91 Å². The summed E-state index contributed by atoms with van der Waals surface area (Å²) in [6.07, 6.45) is 2.94. The van der Waals surface area contributed by atoms with Crippen LogP contribution in [0.1, 0.15) is 54.1 Å². The molecule has 0 saturated carbocycles. The number of likely N-dealkylation sites (tertiary alicyclic amines) is 1. The molecule has 2 heterocycles. The molecule has 1 aliphatic heterocycles. The lowest BCUT2D eigenvalue weighted by atomic mass is 9.97. The number of hydrogen-bond acceptors (Lipinski definition) is 4. The van der Waals surface area contributed by atoms with E-state index in [1.54, 1.807) is 25.1 Å². The van der Waals surface area contributed by atoms with Crippen molar-refractivity contribution in [3.05, 3.63) is 47.4 Å². The van der Waals surface area contributed by atoms with E-state index in [1.807, 2.05) is 24.0 Å². The number of amides is 1. The summed E-state index contributed by atoms with van der Waals surface area (Å²) >= 11 is 0. The average molecular weight is 339 g/mol. The maximum atomic E-state index is 12.0. The third-order valence-corrected chi connectivity index (χ3v) is 4.51. The van der Waals surface area contributed by atoms with Crippen LogP contribution in [0.15, 0.2) is 30.3 Å². The van der Waals surface area contributed by atoms with Crippen molar-refractivity contribution < 1.29 is 14.7 Å². The first-order valence-electron chi connectivity index (χ1n) is 8.42. The van der Waals surface area contributed by atoms with Gasteiger partial charge in [-0.3, -0.25) is 4.79 Å². The van der Waals surface area contributed by atoms with Crippen molar-refractivity contribution in [3.8, 4) is 11.3 Å². The molecule has 1 saturated heterocycles. The van der Waals surface area contributed by atoms with E-state index in [0.717, 1.165) is 37.1 Å². The number of nitrogens with zero attached hydrogens (tertiary/aromatic N) is 3. The van der Waals surface area contributed by atoms with Crippen LogP contribution in [0.2, 0.25) is 0 Å². The summed E-state index contributed by atoms with van der Waals surface area (Å²) < 4.78 is 0. The van der Waals surface area contributed by atoms with Crippen LogP contribution in [-0.4, -0.2) is 38.4 Å². The summed E-state index contributed by atoms with van der Waals surface area (Å²) in [5.74, 6) is -0.305. The fourth-order valence-corrected chi connectivity index (χ4v) is 3.34. The minimum Gasteiger partial charge on any atom is -0.478 e.